The lowest BCUT2D eigenvalue weighted by Gasteiger charge is -2.28. The summed E-state index contributed by atoms with van der Waals surface area (Å²) in [5.74, 6) is 0.927. The molecule has 0 aliphatic carbocycles. The smallest absolute Gasteiger partial charge is 0.118 e. The van der Waals surface area contributed by atoms with E-state index in [0.29, 0.717) is 6.04 Å². The Hall–Kier alpha value is -1.28. The third-order valence-electron chi connectivity index (χ3n) is 3.18. The molecule has 1 aliphatic heterocycles. The van der Waals surface area contributed by atoms with Gasteiger partial charge in [0.05, 0.1) is 7.11 Å². The number of likely N-dealkylation sites (N-methyl/N-ethyl adjacent to an activating group) is 1. The number of ether oxygens (including phenoxy) is 1. The van der Waals surface area contributed by atoms with Gasteiger partial charge in [0.1, 0.15) is 5.75 Å². The molecule has 0 bridgehead atoms. The molecule has 1 aromatic rings. The van der Waals surface area contributed by atoms with E-state index in [-0.39, 0.29) is 0 Å². The van der Waals surface area contributed by atoms with Crippen LogP contribution in [0.2, 0.25) is 0 Å². The molecule has 86 valence electrons. The molecule has 16 heavy (non-hydrogen) atoms. The molecule has 0 saturated heterocycles. The van der Waals surface area contributed by atoms with Gasteiger partial charge in [-0.1, -0.05) is 24.3 Å². The fourth-order valence-electron chi connectivity index (χ4n) is 2.07. The zero-order valence-corrected chi connectivity index (χ0v) is 10.0. The summed E-state index contributed by atoms with van der Waals surface area (Å²) < 4.78 is 5.16. The van der Waals surface area contributed by atoms with Gasteiger partial charge in [-0.25, -0.2) is 0 Å². The van der Waals surface area contributed by atoms with E-state index < -0.39 is 0 Å². The van der Waals surface area contributed by atoms with Gasteiger partial charge < -0.3 is 4.74 Å². The molecule has 0 radical (unpaired) electrons. The van der Waals surface area contributed by atoms with Crippen LogP contribution in [0, 0.1) is 0 Å². The monoisotopic (exact) mass is 217 g/mol. The van der Waals surface area contributed by atoms with E-state index in [9.17, 15) is 0 Å². The van der Waals surface area contributed by atoms with Crippen molar-refractivity contribution in [2.45, 2.75) is 18.9 Å². The summed E-state index contributed by atoms with van der Waals surface area (Å²) in [6.07, 6.45) is 6.86. The fraction of sp³-hybridized carbons (Fsp3) is 0.429. The molecule has 2 rings (SSSR count). The van der Waals surface area contributed by atoms with Crippen LogP contribution in [0.25, 0.3) is 0 Å². The lowest BCUT2D eigenvalue weighted by atomic mass is 10.0. The maximum Gasteiger partial charge on any atom is 0.118 e. The SMILES string of the molecule is COc1ccc(C[C@@H]2C=CCCN2C)cc1. The first-order valence-electron chi connectivity index (χ1n) is 5.79. The van der Waals surface area contributed by atoms with Gasteiger partial charge in [0, 0.05) is 12.6 Å². The average Bonchev–Trinajstić information content (AvgIpc) is 2.33. The normalized spacial score (nSPS) is 21.0. The van der Waals surface area contributed by atoms with E-state index in [1.807, 2.05) is 12.1 Å². The lowest BCUT2D eigenvalue weighted by molar-refractivity contribution is 0.273. The van der Waals surface area contributed by atoms with Crippen molar-refractivity contribution in [3.63, 3.8) is 0 Å². The second-order valence-electron chi connectivity index (χ2n) is 4.32. The molecule has 1 heterocycles. The van der Waals surface area contributed by atoms with Crippen LogP contribution in [0.5, 0.6) is 5.75 Å². The number of nitrogens with zero attached hydrogens (tertiary/aromatic N) is 1. The van der Waals surface area contributed by atoms with Gasteiger partial charge in [0.15, 0.2) is 0 Å². The van der Waals surface area contributed by atoms with Crippen LogP contribution < -0.4 is 4.74 Å². The highest BCUT2D eigenvalue weighted by Crippen LogP contribution is 2.16. The summed E-state index contributed by atoms with van der Waals surface area (Å²) >= 11 is 0. The molecule has 0 unspecified atom stereocenters. The van der Waals surface area contributed by atoms with E-state index in [1.165, 1.54) is 12.0 Å². The minimum absolute atomic E-state index is 0.544. The van der Waals surface area contributed by atoms with E-state index in [1.54, 1.807) is 7.11 Å². The van der Waals surface area contributed by atoms with Gasteiger partial charge >= 0.3 is 0 Å². The molecule has 1 aliphatic rings. The molecule has 0 spiro atoms. The zero-order valence-electron chi connectivity index (χ0n) is 10.0. The largest absolute Gasteiger partial charge is 0.497 e. The van der Waals surface area contributed by atoms with Crippen molar-refractivity contribution in [3.8, 4) is 5.75 Å². The highest BCUT2D eigenvalue weighted by Gasteiger charge is 2.14. The molecule has 1 aromatic carbocycles. The maximum atomic E-state index is 5.16. The summed E-state index contributed by atoms with van der Waals surface area (Å²) in [7, 11) is 3.89. The van der Waals surface area contributed by atoms with Crippen molar-refractivity contribution in [3.05, 3.63) is 42.0 Å². The van der Waals surface area contributed by atoms with Crippen molar-refractivity contribution in [2.75, 3.05) is 20.7 Å². The molecule has 0 fully saturated rings. The number of methoxy groups -OCH3 is 1. The van der Waals surface area contributed by atoms with E-state index in [2.05, 4.69) is 36.2 Å². The van der Waals surface area contributed by atoms with E-state index >= 15 is 0 Å². The quantitative estimate of drug-likeness (QED) is 0.721. The maximum absolute atomic E-state index is 5.16. The van der Waals surface area contributed by atoms with Gasteiger partial charge in [0.2, 0.25) is 0 Å². The van der Waals surface area contributed by atoms with Crippen molar-refractivity contribution >= 4 is 0 Å². The summed E-state index contributed by atoms with van der Waals surface area (Å²) in [6, 6.07) is 8.90. The van der Waals surface area contributed by atoms with Crippen molar-refractivity contribution in [2.24, 2.45) is 0 Å². The van der Waals surface area contributed by atoms with Crippen LogP contribution in [-0.4, -0.2) is 31.6 Å². The Morgan fingerprint density at radius 1 is 1.31 bits per heavy atom. The van der Waals surface area contributed by atoms with Gasteiger partial charge in [-0.05, 0) is 37.6 Å². The summed E-state index contributed by atoms with van der Waals surface area (Å²) in [5.41, 5.74) is 1.37. The first-order chi connectivity index (χ1) is 7.79. The predicted octanol–water partition coefficient (Wildman–Crippen LogP) is 2.50. The summed E-state index contributed by atoms with van der Waals surface area (Å²) in [5, 5.41) is 0. The van der Waals surface area contributed by atoms with E-state index in [4.69, 9.17) is 4.74 Å². The molecular weight excluding hydrogens is 198 g/mol. The Bertz CT molecular complexity index is 356. The number of hydrogen-bond donors (Lipinski definition) is 0. The summed E-state index contributed by atoms with van der Waals surface area (Å²) in [6.45, 7) is 1.16. The molecule has 2 heteroatoms. The van der Waals surface area contributed by atoms with Crippen LogP contribution in [0.4, 0.5) is 0 Å². The minimum atomic E-state index is 0.544. The lowest BCUT2D eigenvalue weighted by Crippen LogP contribution is -2.34. The molecule has 0 aromatic heterocycles. The van der Waals surface area contributed by atoms with Gasteiger partial charge in [0.25, 0.3) is 0 Å². The zero-order chi connectivity index (χ0) is 11.4. The Morgan fingerprint density at radius 3 is 2.69 bits per heavy atom. The average molecular weight is 217 g/mol. The van der Waals surface area contributed by atoms with Crippen LogP contribution in [0.3, 0.4) is 0 Å². The standard InChI is InChI=1S/C14H19NO/c1-15-10-4-3-5-13(15)11-12-6-8-14(16-2)9-7-12/h3,5-9,13H,4,10-11H2,1-2H3/t13-/m0/s1. The Balaban J connectivity index is 2.02. The van der Waals surface area contributed by atoms with Crippen LogP contribution in [0.15, 0.2) is 36.4 Å². The molecule has 1 atom stereocenters. The van der Waals surface area contributed by atoms with Crippen molar-refractivity contribution in [1.29, 1.82) is 0 Å². The highest BCUT2D eigenvalue weighted by molar-refractivity contribution is 5.28. The third kappa shape index (κ3) is 2.64. The number of rotatable bonds is 3. The first kappa shape index (κ1) is 11.2. The number of benzene rings is 1. The molecule has 0 N–H and O–H groups in total. The third-order valence-corrected chi connectivity index (χ3v) is 3.18. The molecule has 0 amide bonds. The number of hydrogen-bond acceptors (Lipinski definition) is 2. The van der Waals surface area contributed by atoms with Crippen LogP contribution in [-0.2, 0) is 6.42 Å². The molecule has 0 saturated carbocycles. The van der Waals surface area contributed by atoms with Gasteiger partial charge in [-0.15, -0.1) is 0 Å². The first-order valence-corrected chi connectivity index (χ1v) is 5.79. The summed E-state index contributed by atoms with van der Waals surface area (Å²) in [4.78, 5) is 2.41. The van der Waals surface area contributed by atoms with Crippen LogP contribution >= 0.6 is 0 Å². The molecule has 2 nitrogen and oxygen atoms in total. The molecular formula is C14H19NO. The highest BCUT2D eigenvalue weighted by atomic mass is 16.5. The van der Waals surface area contributed by atoms with Gasteiger partial charge in [-0.2, -0.15) is 0 Å². The second kappa shape index (κ2) is 5.17. The minimum Gasteiger partial charge on any atom is -0.497 e. The van der Waals surface area contributed by atoms with Crippen molar-refractivity contribution < 1.29 is 4.74 Å². The van der Waals surface area contributed by atoms with Crippen LogP contribution in [0.1, 0.15) is 12.0 Å². The fourth-order valence-corrected chi connectivity index (χ4v) is 2.07. The topological polar surface area (TPSA) is 12.5 Å². The van der Waals surface area contributed by atoms with E-state index in [0.717, 1.165) is 18.7 Å². The Kier molecular flexibility index (Phi) is 3.62. The van der Waals surface area contributed by atoms with Gasteiger partial charge in [-0.3, -0.25) is 4.90 Å². The Labute approximate surface area is 97.5 Å². The predicted molar refractivity (Wildman–Crippen MR) is 66.9 cm³/mol. The van der Waals surface area contributed by atoms with Crippen molar-refractivity contribution in [1.82, 2.24) is 4.90 Å². The Morgan fingerprint density at radius 2 is 2.06 bits per heavy atom. The second-order valence-corrected chi connectivity index (χ2v) is 4.32.